The van der Waals surface area contributed by atoms with Crippen LogP contribution in [0.1, 0.15) is 18.6 Å². The normalized spacial score (nSPS) is 11.0. The molecule has 7 nitrogen and oxygen atoms in total. The molecular formula is C9H15N7S. The van der Waals surface area contributed by atoms with Crippen molar-refractivity contribution in [1.82, 2.24) is 29.5 Å². The number of aryl methyl sites for hydroxylation is 1. The summed E-state index contributed by atoms with van der Waals surface area (Å²) in [6, 6.07) is 0. The number of nitrogens with two attached hydrogens (primary N) is 1. The summed E-state index contributed by atoms with van der Waals surface area (Å²) in [5.74, 6) is 2.45. The van der Waals surface area contributed by atoms with Gasteiger partial charge in [-0.05, 0) is 6.92 Å². The molecule has 0 saturated carbocycles. The predicted molar refractivity (Wildman–Crippen MR) is 64.2 cm³/mol. The van der Waals surface area contributed by atoms with Crippen molar-refractivity contribution < 1.29 is 0 Å². The van der Waals surface area contributed by atoms with E-state index in [0.717, 1.165) is 29.1 Å². The van der Waals surface area contributed by atoms with Crippen LogP contribution in [0.5, 0.6) is 0 Å². The minimum Gasteiger partial charge on any atom is -0.324 e. The summed E-state index contributed by atoms with van der Waals surface area (Å²) in [5, 5.41) is 13.0. The summed E-state index contributed by atoms with van der Waals surface area (Å²) in [6.45, 7) is 3.26. The van der Waals surface area contributed by atoms with Crippen molar-refractivity contribution in [1.29, 1.82) is 0 Å². The second-order valence-corrected chi connectivity index (χ2v) is 4.39. The van der Waals surface area contributed by atoms with Gasteiger partial charge in [-0.2, -0.15) is 5.10 Å². The van der Waals surface area contributed by atoms with Crippen LogP contribution in [0.3, 0.4) is 0 Å². The molecule has 2 aromatic heterocycles. The third-order valence-corrected chi connectivity index (χ3v) is 3.45. The van der Waals surface area contributed by atoms with Crippen LogP contribution in [-0.2, 0) is 25.9 Å². The van der Waals surface area contributed by atoms with E-state index in [0.29, 0.717) is 6.54 Å². The second-order valence-electron chi connectivity index (χ2n) is 3.44. The average Bonchev–Trinajstić information content (AvgIpc) is 2.93. The van der Waals surface area contributed by atoms with E-state index in [-0.39, 0.29) is 0 Å². The highest BCUT2D eigenvalue weighted by Crippen LogP contribution is 2.19. The van der Waals surface area contributed by atoms with Crippen LogP contribution >= 0.6 is 11.8 Å². The number of aromatic nitrogens is 6. The summed E-state index contributed by atoms with van der Waals surface area (Å²) < 4.78 is 3.77. The highest BCUT2D eigenvalue weighted by atomic mass is 32.2. The van der Waals surface area contributed by atoms with Gasteiger partial charge >= 0.3 is 0 Å². The molecule has 17 heavy (non-hydrogen) atoms. The Bertz CT molecular complexity index is 489. The molecule has 0 aliphatic rings. The lowest BCUT2D eigenvalue weighted by Crippen LogP contribution is -2.06. The summed E-state index contributed by atoms with van der Waals surface area (Å²) >= 11 is 1.58. The monoisotopic (exact) mass is 253 g/mol. The first kappa shape index (κ1) is 12.1. The van der Waals surface area contributed by atoms with E-state index in [4.69, 9.17) is 5.73 Å². The summed E-state index contributed by atoms with van der Waals surface area (Å²) in [5.41, 5.74) is 5.54. The maximum absolute atomic E-state index is 5.54. The zero-order chi connectivity index (χ0) is 12.3. The third kappa shape index (κ3) is 2.47. The molecule has 0 amide bonds. The van der Waals surface area contributed by atoms with Gasteiger partial charge in [0.2, 0.25) is 0 Å². The number of rotatable bonds is 5. The van der Waals surface area contributed by atoms with Crippen LogP contribution in [-0.4, -0.2) is 29.5 Å². The molecule has 2 N–H and O–H groups in total. The molecular weight excluding hydrogens is 238 g/mol. The lowest BCUT2D eigenvalue weighted by Gasteiger charge is -2.03. The van der Waals surface area contributed by atoms with Crippen LogP contribution in [0, 0.1) is 0 Å². The van der Waals surface area contributed by atoms with Gasteiger partial charge in [-0.3, -0.25) is 0 Å². The fourth-order valence-corrected chi connectivity index (χ4v) is 2.32. The van der Waals surface area contributed by atoms with E-state index in [9.17, 15) is 0 Å². The van der Waals surface area contributed by atoms with Crippen LogP contribution in [0.25, 0.3) is 0 Å². The Labute approximate surface area is 103 Å². The molecule has 8 heteroatoms. The van der Waals surface area contributed by atoms with Gasteiger partial charge in [0.05, 0.1) is 12.3 Å². The van der Waals surface area contributed by atoms with Gasteiger partial charge in [0.25, 0.3) is 0 Å². The van der Waals surface area contributed by atoms with Gasteiger partial charge in [0.1, 0.15) is 18.0 Å². The Morgan fingerprint density at radius 2 is 2.18 bits per heavy atom. The van der Waals surface area contributed by atoms with E-state index >= 15 is 0 Å². The number of nitrogens with zero attached hydrogens (tertiary/aromatic N) is 6. The maximum Gasteiger partial charge on any atom is 0.191 e. The van der Waals surface area contributed by atoms with E-state index < -0.39 is 0 Å². The quantitative estimate of drug-likeness (QED) is 0.765. The van der Waals surface area contributed by atoms with Crippen molar-refractivity contribution in [3.05, 3.63) is 18.0 Å². The van der Waals surface area contributed by atoms with Gasteiger partial charge < -0.3 is 10.3 Å². The maximum atomic E-state index is 5.54. The predicted octanol–water partition coefficient (Wildman–Crippen LogP) is 0.177. The Morgan fingerprint density at radius 3 is 2.82 bits per heavy atom. The van der Waals surface area contributed by atoms with Crippen LogP contribution in [0.4, 0.5) is 0 Å². The van der Waals surface area contributed by atoms with Gasteiger partial charge in [0, 0.05) is 13.6 Å². The summed E-state index contributed by atoms with van der Waals surface area (Å²) in [4.78, 5) is 4.21. The molecule has 2 rings (SSSR count). The number of hydrogen-bond acceptors (Lipinski definition) is 6. The van der Waals surface area contributed by atoms with Gasteiger partial charge in [0.15, 0.2) is 5.16 Å². The van der Waals surface area contributed by atoms with E-state index in [1.165, 1.54) is 0 Å². The van der Waals surface area contributed by atoms with Gasteiger partial charge in [-0.25, -0.2) is 9.67 Å². The van der Waals surface area contributed by atoms with Gasteiger partial charge in [-0.1, -0.05) is 11.8 Å². The van der Waals surface area contributed by atoms with E-state index in [1.807, 2.05) is 23.2 Å². The lowest BCUT2D eigenvalue weighted by molar-refractivity contribution is 0.632. The minimum atomic E-state index is 0.398. The second kappa shape index (κ2) is 5.28. The molecule has 0 aliphatic carbocycles. The first-order valence-electron chi connectivity index (χ1n) is 5.34. The lowest BCUT2D eigenvalue weighted by atomic mass is 10.6. The van der Waals surface area contributed by atoms with Crippen LogP contribution < -0.4 is 5.73 Å². The summed E-state index contributed by atoms with van der Waals surface area (Å²) in [6.07, 6.45) is 1.57. The van der Waals surface area contributed by atoms with Crippen molar-refractivity contribution >= 4 is 11.8 Å². The molecule has 0 aromatic carbocycles. The average molecular weight is 253 g/mol. The number of thioether (sulfide) groups is 1. The minimum absolute atomic E-state index is 0.398. The van der Waals surface area contributed by atoms with Crippen molar-refractivity contribution in [2.75, 3.05) is 0 Å². The highest BCUT2D eigenvalue weighted by molar-refractivity contribution is 7.98. The molecule has 0 aliphatic heterocycles. The smallest absolute Gasteiger partial charge is 0.191 e. The zero-order valence-electron chi connectivity index (χ0n) is 9.87. The zero-order valence-corrected chi connectivity index (χ0v) is 10.7. The molecule has 0 fully saturated rings. The third-order valence-electron chi connectivity index (χ3n) is 2.43. The molecule has 2 heterocycles. The molecule has 0 bridgehead atoms. The largest absolute Gasteiger partial charge is 0.324 e. The molecule has 0 saturated heterocycles. The Kier molecular flexibility index (Phi) is 3.75. The van der Waals surface area contributed by atoms with Gasteiger partial charge in [-0.15, -0.1) is 10.2 Å². The molecule has 92 valence electrons. The summed E-state index contributed by atoms with van der Waals surface area (Å²) in [7, 11) is 1.91. The Balaban J connectivity index is 2.05. The van der Waals surface area contributed by atoms with E-state index in [2.05, 4.69) is 20.3 Å². The van der Waals surface area contributed by atoms with Crippen LogP contribution in [0.15, 0.2) is 11.5 Å². The van der Waals surface area contributed by atoms with Crippen molar-refractivity contribution in [3.8, 4) is 0 Å². The molecule has 0 atom stereocenters. The van der Waals surface area contributed by atoms with Crippen molar-refractivity contribution in [2.45, 2.75) is 30.9 Å². The fraction of sp³-hybridized carbons (Fsp3) is 0.556. The Hall–Kier alpha value is -1.41. The first-order chi connectivity index (χ1) is 8.26. The van der Waals surface area contributed by atoms with Crippen LogP contribution in [0.2, 0.25) is 0 Å². The van der Waals surface area contributed by atoms with Crippen molar-refractivity contribution in [3.63, 3.8) is 0 Å². The molecule has 2 aromatic rings. The fourth-order valence-electron chi connectivity index (χ4n) is 1.44. The Morgan fingerprint density at radius 1 is 1.35 bits per heavy atom. The standard InChI is InChI=1S/C9H15N7S/c1-3-16-8(11-6-12-16)5-17-9-14-13-7(4-10)15(9)2/h6H,3-5,10H2,1-2H3. The highest BCUT2D eigenvalue weighted by Gasteiger charge is 2.10. The first-order valence-corrected chi connectivity index (χ1v) is 6.32. The topological polar surface area (TPSA) is 87.4 Å². The van der Waals surface area contributed by atoms with E-state index in [1.54, 1.807) is 18.1 Å². The number of hydrogen-bond donors (Lipinski definition) is 1. The molecule has 0 spiro atoms. The van der Waals surface area contributed by atoms with Crippen molar-refractivity contribution in [2.24, 2.45) is 12.8 Å². The SMILES string of the molecule is CCn1ncnc1CSc1nnc(CN)n1C. The molecule has 0 unspecified atom stereocenters. The molecule has 0 radical (unpaired) electrons.